The molecule has 1 saturated carbocycles. The van der Waals surface area contributed by atoms with E-state index in [4.69, 9.17) is 5.11 Å². The molecule has 108 valence electrons. The first kappa shape index (κ1) is 14.3. The van der Waals surface area contributed by atoms with Gasteiger partial charge >= 0.3 is 5.97 Å². The summed E-state index contributed by atoms with van der Waals surface area (Å²) in [4.78, 5) is 24.6. The monoisotopic (exact) mass is 289 g/mol. The fourth-order valence-corrected chi connectivity index (χ4v) is 4.35. The number of hydrogen-bond donors (Lipinski definition) is 1. The average molecular weight is 289 g/mol. The number of sulfone groups is 1. The largest absolute Gasteiger partial charge is 0.480 e. The number of carboxylic acid groups (broad SMARTS) is 1. The summed E-state index contributed by atoms with van der Waals surface area (Å²) in [6, 6.07) is -0.735. The summed E-state index contributed by atoms with van der Waals surface area (Å²) in [6.07, 6.45) is 3.98. The van der Waals surface area contributed by atoms with Gasteiger partial charge in [-0.2, -0.15) is 0 Å². The standard InChI is InChI=1S/C12H19NO5S/c1-19(17,18)8-12(4-5-12)7-10(14)13-6-2-3-9(13)11(15)16/h9H,2-8H2,1H3,(H,15,16)/t9-/m1/s1. The maximum absolute atomic E-state index is 12.2. The van der Waals surface area contributed by atoms with Crippen molar-refractivity contribution in [2.45, 2.75) is 38.1 Å². The van der Waals surface area contributed by atoms with Gasteiger partial charge in [-0.05, 0) is 31.1 Å². The minimum Gasteiger partial charge on any atom is -0.480 e. The highest BCUT2D eigenvalue weighted by Crippen LogP contribution is 2.50. The second kappa shape index (κ2) is 4.77. The SMILES string of the molecule is CS(=O)(=O)CC1(CC(=O)N2CCC[C@@H]2C(=O)O)CC1. The highest BCUT2D eigenvalue weighted by Gasteiger charge is 2.48. The van der Waals surface area contributed by atoms with E-state index in [9.17, 15) is 18.0 Å². The molecular formula is C12H19NO5S. The van der Waals surface area contributed by atoms with Gasteiger partial charge in [-0.3, -0.25) is 4.79 Å². The lowest BCUT2D eigenvalue weighted by atomic mass is 10.0. The number of rotatable bonds is 5. The number of carbonyl (C=O) groups is 2. The van der Waals surface area contributed by atoms with Crippen LogP contribution in [0.4, 0.5) is 0 Å². The predicted molar refractivity (Wildman–Crippen MR) is 68.4 cm³/mol. The molecule has 0 aromatic rings. The second-order valence-corrected chi connectivity index (χ2v) is 7.97. The molecule has 0 spiro atoms. The fraction of sp³-hybridized carbons (Fsp3) is 0.833. The van der Waals surface area contributed by atoms with Crippen LogP contribution in [0, 0.1) is 5.41 Å². The molecule has 0 aromatic heterocycles. The van der Waals surface area contributed by atoms with E-state index in [-0.39, 0.29) is 18.1 Å². The summed E-state index contributed by atoms with van der Waals surface area (Å²) in [7, 11) is -3.11. The van der Waals surface area contributed by atoms with Gasteiger partial charge in [0.1, 0.15) is 15.9 Å². The van der Waals surface area contributed by atoms with Crippen LogP contribution < -0.4 is 0 Å². The topological polar surface area (TPSA) is 91.8 Å². The highest BCUT2D eigenvalue weighted by molar-refractivity contribution is 7.90. The molecule has 1 saturated heterocycles. The zero-order chi connectivity index (χ0) is 14.3. The van der Waals surface area contributed by atoms with E-state index in [0.717, 1.165) is 12.8 Å². The lowest BCUT2D eigenvalue weighted by Crippen LogP contribution is -2.41. The lowest BCUT2D eigenvalue weighted by molar-refractivity contribution is -0.148. The maximum Gasteiger partial charge on any atom is 0.326 e. The Morgan fingerprint density at radius 3 is 2.47 bits per heavy atom. The van der Waals surface area contributed by atoms with Crippen molar-refractivity contribution in [3.8, 4) is 0 Å². The van der Waals surface area contributed by atoms with E-state index < -0.39 is 27.3 Å². The van der Waals surface area contributed by atoms with Gasteiger partial charge in [0.25, 0.3) is 0 Å². The molecule has 7 heteroatoms. The summed E-state index contributed by atoms with van der Waals surface area (Å²) < 4.78 is 22.7. The van der Waals surface area contributed by atoms with Gasteiger partial charge in [0, 0.05) is 19.2 Å². The normalized spacial score (nSPS) is 25.3. The molecule has 1 N–H and O–H groups in total. The van der Waals surface area contributed by atoms with Crippen LogP contribution in [0.1, 0.15) is 32.1 Å². The zero-order valence-electron chi connectivity index (χ0n) is 11.0. The maximum atomic E-state index is 12.2. The summed E-state index contributed by atoms with van der Waals surface area (Å²) in [5.74, 6) is -1.16. The van der Waals surface area contributed by atoms with Crippen molar-refractivity contribution in [3.63, 3.8) is 0 Å². The average Bonchev–Trinajstić information content (AvgIpc) is 2.80. The van der Waals surface area contributed by atoms with E-state index in [1.54, 1.807) is 0 Å². The van der Waals surface area contributed by atoms with Gasteiger partial charge in [0.2, 0.25) is 5.91 Å². The van der Waals surface area contributed by atoms with Crippen molar-refractivity contribution in [3.05, 3.63) is 0 Å². The van der Waals surface area contributed by atoms with Crippen molar-refractivity contribution in [1.82, 2.24) is 4.90 Å². The molecule has 6 nitrogen and oxygen atoms in total. The van der Waals surface area contributed by atoms with E-state index in [1.807, 2.05) is 0 Å². The summed E-state index contributed by atoms with van der Waals surface area (Å²) in [5.41, 5.74) is -0.434. The van der Waals surface area contributed by atoms with Crippen LogP contribution in [0.25, 0.3) is 0 Å². The van der Waals surface area contributed by atoms with Crippen molar-refractivity contribution >= 4 is 21.7 Å². The quantitative estimate of drug-likeness (QED) is 0.784. The van der Waals surface area contributed by atoms with Crippen molar-refractivity contribution in [2.24, 2.45) is 5.41 Å². The number of likely N-dealkylation sites (tertiary alicyclic amines) is 1. The van der Waals surface area contributed by atoms with Crippen LogP contribution in [0.3, 0.4) is 0 Å². The minimum atomic E-state index is -3.11. The molecule has 1 aliphatic heterocycles. The first-order valence-electron chi connectivity index (χ1n) is 6.42. The molecule has 1 amide bonds. The Morgan fingerprint density at radius 2 is 2.00 bits per heavy atom. The first-order valence-corrected chi connectivity index (χ1v) is 8.49. The molecule has 0 bridgehead atoms. The van der Waals surface area contributed by atoms with Crippen LogP contribution >= 0.6 is 0 Å². The van der Waals surface area contributed by atoms with Crippen molar-refractivity contribution in [1.29, 1.82) is 0 Å². The molecule has 0 radical (unpaired) electrons. The van der Waals surface area contributed by atoms with Gasteiger partial charge in [-0.15, -0.1) is 0 Å². The minimum absolute atomic E-state index is 0.0251. The van der Waals surface area contributed by atoms with Crippen LogP contribution in [0.15, 0.2) is 0 Å². The van der Waals surface area contributed by atoms with Crippen molar-refractivity contribution in [2.75, 3.05) is 18.6 Å². The van der Waals surface area contributed by atoms with Gasteiger partial charge < -0.3 is 10.0 Å². The third kappa shape index (κ3) is 3.46. The zero-order valence-corrected chi connectivity index (χ0v) is 11.8. The number of carboxylic acids is 1. The molecule has 2 aliphatic rings. The molecule has 1 aliphatic carbocycles. The highest BCUT2D eigenvalue weighted by atomic mass is 32.2. The van der Waals surface area contributed by atoms with E-state index in [2.05, 4.69) is 0 Å². The number of hydrogen-bond acceptors (Lipinski definition) is 4. The molecule has 2 fully saturated rings. The van der Waals surface area contributed by atoms with E-state index >= 15 is 0 Å². The summed E-state index contributed by atoms with van der Waals surface area (Å²) in [6.45, 7) is 0.463. The Morgan fingerprint density at radius 1 is 1.37 bits per heavy atom. The molecule has 1 heterocycles. The number of aliphatic carboxylic acids is 1. The Labute approximate surface area is 112 Å². The molecular weight excluding hydrogens is 270 g/mol. The predicted octanol–water partition coefficient (Wildman–Crippen LogP) is 0.277. The fourth-order valence-electron chi connectivity index (χ4n) is 2.85. The second-order valence-electron chi connectivity index (χ2n) is 5.83. The van der Waals surface area contributed by atoms with Crippen LogP contribution in [-0.4, -0.2) is 54.9 Å². The van der Waals surface area contributed by atoms with Gasteiger partial charge in [-0.25, -0.2) is 13.2 Å². The Balaban J connectivity index is 2.00. The van der Waals surface area contributed by atoms with Gasteiger partial charge in [0.15, 0.2) is 0 Å². The smallest absolute Gasteiger partial charge is 0.326 e. The Hall–Kier alpha value is -1.11. The lowest BCUT2D eigenvalue weighted by Gasteiger charge is -2.24. The van der Waals surface area contributed by atoms with Crippen molar-refractivity contribution < 1.29 is 23.1 Å². The van der Waals surface area contributed by atoms with E-state index in [0.29, 0.717) is 19.4 Å². The third-order valence-corrected chi connectivity index (χ3v) is 5.05. The Kier molecular flexibility index (Phi) is 3.59. The number of amides is 1. The van der Waals surface area contributed by atoms with Crippen LogP contribution in [-0.2, 0) is 19.4 Å². The summed E-state index contributed by atoms with van der Waals surface area (Å²) in [5, 5.41) is 9.04. The number of nitrogens with zero attached hydrogens (tertiary/aromatic N) is 1. The number of carbonyl (C=O) groups excluding carboxylic acids is 1. The van der Waals surface area contributed by atoms with Crippen LogP contribution in [0.2, 0.25) is 0 Å². The first-order chi connectivity index (χ1) is 8.72. The Bertz CT molecular complexity index is 494. The molecule has 19 heavy (non-hydrogen) atoms. The van der Waals surface area contributed by atoms with Gasteiger partial charge in [-0.1, -0.05) is 0 Å². The molecule has 2 rings (SSSR count). The third-order valence-electron chi connectivity index (χ3n) is 3.91. The molecule has 0 aromatic carbocycles. The molecule has 1 atom stereocenters. The molecule has 0 unspecified atom stereocenters. The van der Waals surface area contributed by atoms with Gasteiger partial charge in [0.05, 0.1) is 5.75 Å². The van der Waals surface area contributed by atoms with Crippen LogP contribution in [0.5, 0.6) is 0 Å². The summed E-state index contributed by atoms with van der Waals surface area (Å²) >= 11 is 0. The van der Waals surface area contributed by atoms with E-state index in [1.165, 1.54) is 11.2 Å².